The van der Waals surface area contributed by atoms with Crippen molar-refractivity contribution in [3.8, 4) is 0 Å². The molecular weight excluding hydrogens is 228 g/mol. The number of rotatable bonds is 8. The topological polar surface area (TPSA) is 72.9 Å². The number of hydrogen-bond acceptors (Lipinski definition) is 3. The highest BCUT2D eigenvalue weighted by atomic mass is 16.1. The van der Waals surface area contributed by atoms with Crippen LogP contribution >= 0.6 is 0 Å². The smallest absolute Gasteiger partial charge is 0.224 e. The first kappa shape index (κ1) is 14.7. The van der Waals surface area contributed by atoms with E-state index in [1.165, 1.54) is 0 Å². The molecule has 1 atom stereocenters. The maximum absolute atomic E-state index is 11.8. The van der Waals surface area contributed by atoms with Crippen molar-refractivity contribution in [1.29, 1.82) is 0 Å². The summed E-state index contributed by atoms with van der Waals surface area (Å²) in [7, 11) is 0. The van der Waals surface area contributed by atoms with E-state index < -0.39 is 0 Å². The second-order valence-corrected chi connectivity index (χ2v) is 4.52. The summed E-state index contributed by atoms with van der Waals surface area (Å²) in [5.74, 6) is 0.611. The molecule has 18 heavy (non-hydrogen) atoms. The Kier molecular flexibility index (Phi) is 6.43. The Morgan fingerprint density at radius 2 is 2.28 bits per heavy atom. The Balaban J connectivity index is 2.32. The number of nitrogens with zero attached hydrogens (tertiary/aromatic N) is 2. The van der Waals surface area contributed by atoms with Crippen LogP contribution in [0.1, 0.15) is 39.5 Å². The van der Waals surface area contributed by atoms with Crippen molar-refractivity contribution in [3.63, 3.8) is 0 Å². The highest BCUT2D eigenvalue weighted by Crippen LogP contribution is 2.15. The number of aryl methyl sites for hydroxylation is 1. The van der Waals surface area contributed by atoms with Crippen LogP contribution in [0.3, 0.4) is 0 Å². The number of carbonyl (C=O) groups is 1. The van der Waals surface area contributed by atoms with Gasteiger partial charge in [0.1, 0.15) is 0 Å². The predicted molar refractivity (Wildman–Crippen MR) is 73.2 cm³/mol. The van der Waals surface area contributed by atoms with Gasteiger partial charge in [-0.15, -0.1) is 0 Å². The van der Waals surface area contributed by atoms with E-state index in [0.29, 0.717) is 18.9 Å². The lowest BCUT2D eigenvalue weighted by Gasteiger charge is -2.12. The molecule has 5 heteroatoms. The van der Waals surface area contributed by atoms with E-state index in [2.05, 4.69) is 17.3 Å². The summed E-state index contributed by atoms with van der Waals surface area (Å²) in [5.41, 5.74) is 6.31. The third-order valence-corrected chi connectivity index (χ3v) is 3.17. The van der Waals surface area contributed by atoms with Crippen LogP contribution in [-0.4, -0.2) is 22.2 Å². The van der Waals surface area contributed by atoms with Crippen LogP contribution in [0.2, 0.25) is 0 Å². The molecule has 0 saturated heterocycles. The lowest BCUT2D eigenvalue weighted by molar-refractivity contribution is -0.116. The third-order valence-electron chi connectivity index (χ3n) is 3.17. The van der Waals surface area contributed by atoms with Crippen molar-refractivity contribution in [2.75, 3.05) is 11.9 Å². The number of anilines is 1. The van der Waals surface area contributed by atoms with E-state index in [9.17, 15) is 4.79 Å². The van der Waals surface area contributed by atoms with Crippen LogP contribution in [0, 0.1) is 5.92 Å². The standard InChI is InChI=1S/C13H24N4O/c1-3-11(7-8-14)5-6-13(18)16-12-9-15-17(4-2)10-12/h9-11H,3-8,14H2,1-2H3,(H,16,18). The Labute approximate surface area is 109 Å². The first-order valence-electron chi connectivity index (χ1n) is 6.71. The summed E-state index contributed by atoms with van der Waals surface area (Å²) in [6, 6.07) is 0. The molecule has 0 fully saturated rings. The molecule has 1 aromatic rings. The van der Waals surface area contributed by atoms with Crippen molar-refractivity contribution < 1.29 is 4.79 Å². The summed E-state index contributed by atoms with van der Waals surface area (Å²) >= 11 is 0. The minimum absolute atomic E-state index is 0.0566. The van der Waals surface area contributed by atoms with E-state index in [1.807, 2.05) is 13.1 Å². The molecule has 0 aromatic carbocycles. The van der Waals surface area contributed by atoms with Crippen LogP contribution < -0.4 is 11.1 Å². The first-order valence-corrected chi connectivity index (χ1v) is 6.71. The zero-order valence-corrected chi connectivity index (χ0v) is 11.4. The summed E-state index contributed by atoms with van der Waals surface area (Å²) in [4.78, 5) is 11.8. The number of hydrogen-bond donors (Lipinski definition) is 2. The molecule has 0 aliphatic rings. The fourth-order valence-electron chi connectivity index (χ4n) is 1.95. The quantitative estimate of drug-likeness (QED) is 0.743. The van der Waals surface area contributed by atoms with Gasteiger partial charge in [0, 0.05) is 19.2 Å². The molecule has 0 saturated carbocycles. The van der Waals surface area contributed by atoms with Gasteiger partial charge in [0.25, 0.3) is 0 Å². The molecule has 0 bridgehead atoms. The number of nitrogens with one attached hydrogen (secondary N) is 1. The molecule has 1 aromatic heterocycles. The molecular formula is C13H24N4O. The summed E-state index contributed by atoms with van der Waals surface area (Å²) < 4.78 is 1.79. The van der Waals surface area contributed by atoms with Crippen molar-refractivity contribution >= 4 is 11.6 Å². The number of amides is 1. The van der Waals surface area contributed by atoms with Gasteiger partial charge in [-0.2, -0.15) is 5.10 Å². The van der Waals surface area contributed by atoms with Crippen molar-refractivity contribution in [2.45, 2.75) is 46.1 Å². The second kappa shape index (κ2) is 7.87. The number of nitrogens with two attached hydrogens (primary N) is 1. The minimum atomic E-state index is 0.0566. The fraction of sp³-hybridized carbons (Fsp3) is 0.692. The lowest BCUT2D eigenvalue weighted by atomic mass is 9.96. The van der Waals surface area contributed by atoms with E-state index in [1.54, 1.807) is 10.9 Å². The summed E-state index contributed by atoms with van der Waals surface area (Å²) in [6.07, 6.45) is 7.06. The van der Waals surface area contributed by atoms with Gasteiger partial charge < -0.3 is 11.1 Å². The molecule has 0 spiro atoms. The number of carbonyl (C=O) groups excluding carboxylic acids is 1. The van der Waals surface area contributed by atoms with Crippen molar-refractivity contribution in [1.82, 2.24) is 9.78 Å². The van der Waals surface area contributed by atoms with Gasteiger partial charge in [-0.05, 0) is 32.2 Å². The maximum Gasteiger partial charge on any atom is 0.224 e. The second-order valence-electron chi connectivity index (χ2n) is 4.52. The van der Waals surface area contributed by atoms with Gasteiger partial charge in [-0.25, -0.2) is 0 Å². The SMILES string of the molecule is CCC(CCN)CCC(=O)Nc1cnn(CC)c1. The average molecular weight is 252 g/mol. The monoisotopic (exact) mass is 252 g/mol. The fourth-order valence-corrected chi connectivity index (χ4v) is 1.95. The summed E-state index contributed by atoms with van der Waals surface area (Å²) in [5, 5.41) is 6.98. The molecule has 0 aliphatic carbocycles. The molecule has 1 heterocycles. The average Bonchev–Trinajstić information content (AvgIpc) is 2.82. The minimum Gasteiger partial charge on any atom is -0.330 e. The Morgan fingerprint density at radius 3 is 2.83 bits per heavy atom. The molecule has 5 nitrogen and oxygen atoms in total. The maximum atomic E-state index is 11.8. The van der Waals surface area contributed by atoms with Crippen LogP contribution in [0.15, 0.2) is 12.4 Å². The Hall–Kier alpha value is -1.36. The summed E-state index contributed by atoms with van der Waals surface area (Å²) in [6.45, 7) is 5.66. The van der Waals surface area contributed by atoms with Crippen molar-refractivity contribution in [2.24, 2.45) is 11.7 Å². The van der Waals surface area contributed by atoms with Gasteiger partial charge in [0.15, 0.2) is 0 Å². The molecule has 1 amide bonds. The number of aromatic nitrogens is 2. The van der Waals surface area contributed by atoms with Crippen LogP contribution in [0.25, 0.3) is 0 Å². The molecule has 102 valence electrons. The largest absolute Gasteiger partial charge is 0.330 e. The van der Waals surface area contributed by atoms with Crippen LogP contribution in [0.4, 0.5) is 5.69 Å². The first-order chi connectivity index (χ1) is 8.69. The Bertz CT molecular complexity index is 362. The predicted octanol–water partition coefficient (Wildman–Crippen LogP) is 2.00. The third kappa shape index (κ3) is 4.87. The molecule has 1 rings (SSSR count). The molecule has 3 N–H and O–H groups in total. The van der Waals surface area contributed by atoms with Gasteiger partial charge in [0.2, 0.25) is 5.91 Å². The van der Waals surface area contributed by atoms with Crippen LogP contribution in [-0.2, 0) is 11.3 Å². The van der Waals surface area contributed by atoms with Gasteiger partial charge >= 0.3 is 0 Å². The van der Waals surface area contributed by atoms with E-state index >= 15 is 0 Å². The zero-order valence-electron chi connectivity index (χ0n) is 11.4. The zero-order chi connectivity index (χ0) is 13.4. The van der Waals surface area contributed by atoms with E-state index in [4.69, 9.17) is 5.73 Å². The molecule has 0 aliphatic heterocycles. The normalized spacial score (nSPS) is 12.4. The molecule has 1 unspecified atom stereocenters. The van der Waals surface area contributed by atoms with Gasteiger partial charge in [-0.1, -0.05) is 13.3 Å². The van der Waals surface area contributed by atoms with E-state index in [-0.39, 0.29) is 5.91 Å². The Morgan fingerprint density at radius 1 is 1.50 bits per heavy atom. The van der Waals surface area contributed by atoms with Gasteiger partial charge in [-0.3, -0.25) is 9.48 Å². The molecule has 0 radical (unpaired) electrons. The van der Waals surface area contributed by atoms with E-state index in [0.717, 1.165) is 31.5 Å². The highest BCUT2D eigenvalue weighted by Gasteiger charge is 2.09. The van der Waals surface area contributed by atoms with Crippen LogP contribution in [0.5, 0.6) is 0 Å². The van der Waals surface area contributed by atoms with Gasteiger partial charge in [0.05, 0.1) is 11.9 Å². The van der Waals surface area contributed by atoms with Crippen molar-refractivity contribution in [3.05, 3.63) is 12.4 Å². The highest BCUT2D eigenvalue weighted by molar-refractivity contribution is 5.90. The lowest BCUT2D eigenvalue weighted by Crippen LogP contribution is -2.14.